The van der Waals surface area contributed by atoms with Gasteiger partial charge in [-0.15, -0.1) is 11.3 Å². The summed E-state index contributed by atoms with van der Waals surface area (Å²) in [5.74, 6) is -0.403. The summed E-state index contributed by atoms with van der Waals surface area (Å²) < 4.78 is 6.18. The summed E-state index contributed by atoms with van der Waals surface area (Å²) in [7, 11) is 1.67. The van der Waals surface area contributed by atoms with E-state index in [2.05, 4.69) is 15.3 Å². The van der Waals surface area contributed by atoms with Gasteiger partial charge < -0.3 is 10.1 Å². The maximum Gasteiger partial charge on any atom is 0.328 e. The molecule has 27 heavy (non-hydrogen) atoms. The molecule has 0 aliphatic heterocycles. The highest BCUT2D eigenvalue weighted by atomic mass is 32.1. The maximum atomic E-state index is 12.1. The van der Waals surface area contributed by atoms with Crippen LogP contribution in [0.3, 0.4) is 0 Å². The Balaban J connectivity index is 1.64. The molecule has 0 bridgehead atoms. The maximum absolute atomic E-state index is 12.1. The molecule has 1 amide bonds. The van der Waals surface area contributed by atoms with Gasteiger partial charge in [0.05, 0.1) is 12.3 Å². The van der Waals surface area contributed by atoms with Crippen LogP contribution >= 0.6 is 11.3 Å². The van der Waals surface area contributed by atoms with E-state index in [1.54, 1.807) is 7.11 Å². The zero-order valence-electron chi connectivity index (χ0n) is 14.6. The summed E-state index contributed by atoms with van der Waals surface area (Å²) in [4.78, 5) is 41.3. The standard InChI is InChI=1S/C18H18N4O4S/c1-26-9-7-12-2-4-13(5-3-12)14-11-27-17(19-14)20-16(24)10-22-8-6-15(23)21-18(22)25/h2-6,8,11H,7,9-10H2,1H3,(H,19,20,24)(H,21,23,25). The Morgan fingerprint density at radius 3 is 2.74 bits per heavy atom. The molecule has 0 unspecified atom stereocenters. The first kappa shape index (κ1) is 18.7. The Morgan fingerprint density at radius 1 is 1.26 bits per heavy atom. The van der Waals surface area contributed by atoms with E-state index in [0.29, 0.717) is 11.7 Å². The number of amides is 1. The molecule has 2 N–H and O–H groups in total. The Kier molecular flexibility index (Phi) is 5.94. The number of carbonyl (C=O) groups excluding carboxylic acids is 1. The molecular weight excluding hydrogens is 368 g/mol. The van der Waals surface area contributed by atoms with Crippen molar-refractivity contribution >= 4 is 22.4 Å². The molecule has 0 aliphatic rings. The fourth-order valence-corrected chi connectivity index (χ4v) is 3.14. The van der Waals surface area contributed by atoms with Crippen LogP contribution in [0.1, 0.15) is 5.56 Å². The van der Waals surface area contributed by atoms with E-state index in [1.165, 1.54) is 29.2 Å². The Morgan fingerprint density at radius 2 is 2.04 bits per heavy atom. The first-order valence-electron chi connectivity index (χ1n) is 8.18. The fourth-order valence-electron chi connectivity index (χ4n) is 2.41. The van der Waals surface area contributed by atoms with Crippen molar-refractivity contribution in [1.82, 2.24) is 14.5 Å². The lowest BCUT2D eigenvalue weighted by molar-refractivity contribution is -0.116. The highest BCUT2D eigenvalue weighted by Gasteiger charge is 2.10. The largest absolute Gasteiger partial charge is 0.384 e. The minimum atomic E-state index is -0.633. The van der Waals surface area contributed by atoms with Gasteiger partial charge in [0.2, 0.25) is 5.91 Å². The lowest BCUT2D eigenvalue weighted by Gasteiger charge is -2.04. The van der Waals surface area contributed by atoms with E-state index in [1.807, 2.05) is 29.6 Å². The predicted octanol–water partition coefficient (Wildman–Crippen LogP) is 1.49. The number of methoxy groups -OCH3 is 1. The smallest absolute Gasteiger partial charge is 0.328 e. The van der Waals surface area contributed by atoms with Crippen LogP contribution in [0.5, 0.6) is 0 Å². The lowest BCUT2D eigenvalue weighted by atomic mass is 10.1. The molecule has 3 rings (SSSR count). The van der Waals surface area contributed by atoms with Crippen molar-refractivity contribution in [3.8, 4) is 11.3 Å². The van der Waals surface area contributed by atoms with Crippen LogP contribution < -0.4 is 16.6 Å². The second kappa shape index (κ2) is 8.56. The van der Waals surface area contributed by atoms with Crippen LogP contribution in [-0.4, -0.2) is 34.2 Å². The zero-order chi connectivity index (χ0) is 19.2. The third-order valence-corrected chi connectivity index (χ3v) is 4.56. The number of aromatic nitrogens is 3. The monoisotopic (exact) mass is 386 g/mol. The van der Waals surface area contributed by atoms with Gasteiger partial charge in [0.1, 0.15) is 6.54 Å². The van der Waals surface area contributed by atoms with Crippen LogP contribution in [-0.2, 0) is 22.5 Å². The van der Waals surface area contributed by atoms with Gasteiger partial charge in [-0.1, -0.05) is 24.3 Å². The summed E-state index contributed by atoms with van der Waals surface area (Å²) >= 11 is 1.30. The first-order chi connectivity index (χ1) is 13.0. The van der Waals surface area contributed by atoms with E-state index in [9.17, 15) is 14.4 Å². The minimum Gasteiger partial charge on any atom is -0.384 e. The molecule has 0 radical (unpaired) electrons. The molecule has 2 aromatic heterocycles. The molecule has 3 aromatic rings. The van der Waals surface area contributed by atoms with E-state index < -0.39 is 17.2 Å². The molecule has 0 atom stereocenters. The van der Waals surface area contributed by atoms with Crippen LogP contribution in [0.15, 0.2) is 51.5 Å². The van der Waals surface area contributed by atoms with Crippen molar-refractivity contribution in [2.24, 2.45) is 0 Å². The van der Waals surface area contributed by atoms with Gasteiger partial charge >= 0.3 is 5.69 Å². The van der Waals surface area contributed by atoms with Crippen molar-refractivity contribution < 1.29 is 9.53 Å². The summed E-state index contributed by atoms with van der Waals surface area (Å²) in [6.45, 7) is 0.462. The van der Waals surface area contributed by atoms with E-state index in [4.69, 9.17) is 4.74 Å². The van der Waals surface area contributed by atoms with E-state index in [-0.39, 0.29) is 6.54 Å². The summed E-state index contributed by atoms with van der Waals surface area (Å²) in [5.41, 5.74) is 1.75. The van der Waals surface area contributed by atoms with Crippen molar-refractivity contribution in [3.05, 3.63) is 68.3 Å². The second-order valence-electron chi connectivity index (χ2n) is 5.76. The van der Waals surface area contributed by atoms with Gasteiger partial charge in [-0.3, -0.25) is 19.1 Å². The molecule has 8 nitrogen and oxygen atoms in total. The highest BCUT2D eigenvalue weighted by molar-refractivity contribution is 7.14. The van der Waals surface area contributed by atoms with Gasteiger partial charge in [-0.05, 0) is 12.0 Å². The molecular formula is C18H18N4O4S. The fraction of sp³-hybridized carbons (Fsp3) is 0.222. The number of hydrogen-bond donors (Lipinski definition) is 2. The quantitative estimate of drug-likeness (QED) is 0.640. The molecule has 2 heterocycles. The molecule has 0 spiro atoms. The number of thiazole rings is 1. The molecule has 9 heteroatoms. The SMILES string of the molecule is COCCc1ccc(-c2csc(NC(=O)Cn3ccc(=O)[nH]c3=O)n2)cc1. The highest BCUT2D eigenvalue weighted by Crippen LogP contribution is 2.25. The summed E-state index contributed by atoms with van der Waals surface area (Å²) in [5, 5.41) is 4.96. The number of nitrogens with one attached hydrogen (secondary N) is 2. The predicted molar refractivity (Wildman–Crippen MR) is 103 cm³/mol. The Labute approximate surface area is 158 Å². The molecule has 0 saturated carbocycles. The average molecular weight is 386 g/mol. The van der Waals surface area contributed by atoms with Crippen LogP contribution in [0.2, 0.25) is 0 Å². The topological polar surface area (TPSA) is 106 Å². The third kappa shape index (κ3) is 4.99. The number of anilines is 1. The molecule has 140 valence electrons. The van der Waals surface area contributed by atoms with Crippen molar-refractivity contribution in [1.29, 1.82) is 0 Å². The summed E-state index contributed by atoms with van der Waals surface area (Å²) in [6.07, 6.45) is 2.12. The van der Waals surface area contributed by atoms with E-state index in [0.717, 1.165) is 22.2 Å². The summed E-state index contributed by atoms with van der Waals surface area (Å²) in [6, 6.07) is 9.19. The number of nitrogens with zero attached hydrogens (tertiary/aromatic N) is 2. The normalized spacial score (nSPS) is 10.7. The number of hydrogen-bond acceptors (Lipinski definition) is 6. The van der Waals surface area contributed by atoms with Gasteiger partial charge in [0.25, 0.3) is 5.56 Å². The molecule has 0 aliphatic carbocycles. The molecule has 1 aromatic carbocycles. The number of benzene rings is 1. The average Bonchev–Trinajstić information content (AvgIpc) is 3.11. The van der Waals surface area contributed by atoms with Crippen LogP contribution in [0.25, 0.3) is 11.3 Å². The Hall–Kier alpha value is -3.04. The first-order valence-corrected chi connectivity index (χ1v) is 9.06. The number of ether oxygens (including phenoxy) is 1. The van der Waals surface area contributed by atoms with Crippen molar-refractivity contribution in [2.75, 3.05) is 19.0 Å². The molecule has 0 fully saturated rings. The van der Waals surface area contributed by atoms with Gasteiger partial charge in [-0.2, -0.15) is 0 Å². The number of rotatable bonds is 7. The van der Waals surface area contributed by atoms with Crippen molar-refractivity contribution in [2.45, 2.75) is 13.0 Å². The van der Waals surface area contributed by atoms with Crippen LogP contribution in [0.4, 0.5) is 5.13 Å². The zero-order valence-corrected chi connectivity index (χ0v) is 15.4. The van der Waals surface area contributed by atoms with Gasteiger partial charge in [0.15, 0.2) is 5.13 Å². The number of H-pyrrole nitrogens is 1. The van der Waals surface area contributed by atoms with Gasteiger partial charge in [-0.25, -0.2) is 9.78 Å². The third-order valence-electron chi connectivity index (χ3n) is 3.81. The second-order valence-corrected chi connectivity index (χ2v) is 6.62. The van der Waals surface area contributed by atoms with Crippen LogP contribution in [0, 0.1) is 0 Å². The Bertz CT molecular complexity index is 1040. The lowest BCUT2D eigenvalue weighted by Crippen LogP contribution is -2.32. The van der Waals surface area contributed by atoms with Gasteiger partial charge in [0, 0.05) is 30.3 Å². The van der Waals surface area contributed by atoms with Crippen molar-refractivity contribution in [3.63, 3.8) is 0 Å². The molecule has 0 saturated heterocycles. The number of aromatic amines is 1. The van der Waals surface area contributed by atoms with E-state index >= 15 is 0 Å². The minimum absolute atomic E-state index is 0.210. The number of carbonyl (C=O) groups is 1.